The number of aliphatic carboxylic acids is 1. The van der Waals surface area contributed by atoms with Crippen molar-refractivity contribution in [2.24, 2.45) is 11.3 Å². The number of carboxylic acid groups (broad SMARTS) is 1. The topological polar surface area (TPSA) is 49.8 Å². The highest BCUT2D eigenvalue weighted by molar-refractivity contribution is 5.85. The van der Waals surface area contributed by atoms with E-state index in [9.17, 15) is 9.90 Å². The van der Waals surface area contributed by atoms with Gasteiger partial charge in [-0.2, -0.15) is 0 Å². The van der Waals surface area contributed by atoms with Crippen molar-refractivity contribution in [3.05, 3.63) is 48.0 Å². The van der Waals surface area contributed by atoms with Gasteiger partial charge in [0.15, 0.2) is 0 Å². The summed E-state index contributed by atoms with van der Waals surface area (Å²) in [5.41, 5.74) is 0.645. The summed E-state index contributed by atoms with van der Waals surface area (Å²) in [4.78, 5) is 14.2. The highest BCUT2D eigenvalue weighted by Crippen LogP contribution is 2.43. The maximum Gasteiger partial charge on any atom is 0.311 e. The predicted octanol–water partition coefficient (Wildman–Crippen LogP) is 2.76. The lowest BCUT2D eigenvalue weighted by Crippen LogP contribution is -2.44. The van der Waals surface area contributed by atoms with Gasteiger partial charge in [-0.1, -0.05) is 42.5 Å². The molecule has 2 heterocycles. The number of fused-ring (bicyclic) bond motifs is 2. The van der Waals surface area contributed by atoms with E-state index >= 15 is 0 Å². The fraction of sp³-hybridized carbons (Fsp3) is 0.421. The standard InChI is InChI=1S/C19H21NO3/c21-18(22)19-8-9-23-12-16(19)11-20(13-19)10-15-6-3-5-14-4-1-2-7-17(14)15/h1-7,16H,8-13H2,(H,21,22)/t16-,19+/m1/s1. The van der Waals surface area contributed by atoms with Crippen LogP contribution in [0.1, 0.15) is 12.0 Å². The van der Waals surface area contributed by atoms with E-state index in [1.807, 2.05) is 6.07 Å². The normalized spacial score (nSPS) is 27.9. The molecule has 4 nitrogen and oxygen atoms in total. The van der Waals surface area contributed by atoms with Gasteiger partial charge in [-0.25, -0.2) is 0 Å². The lowest BCUT2D eigenvalue weighted by molar-refractivity contribution is -0.157. The number of ether oxygens (including phenoxy) is 1. The maximum atomic E-state index is 11.9. The second-order valence-electron chi connectivity index (χ2n) is 6.79. The average molecular weight is 311 g/mol. The van der Waals surface area contributed by atoms with Crippen LogP contribution in [0.25, 0.3) is 10.8 Å². The van der Waals surface area contributed by atoms with E-state index < -0.39 is 11.4 Å². The highest BCUT2D eigenvalue weighted by Gasteiger charge is 2.53. The number of carboxylic acids is 1. The van der Waals surface area contributed by atoms with Gasteiger partial charge in [0.25, 0.3) is 0 Å². The number of likely N-dealkylation sites (tertiary alicyclic amines) is 1. The Morgan fingerprint density at radius 2 is 2.09 bits per heavy atom. The molecule has 2 aliphatic rings. The van der Waals surface area contributed by atoms with Gasteiger partial charge in [0.05, 0.1) is 12.0 Å². The van der Waals surface area contributed by atoms with Crippen LogP contribution in [-0.2, 0) is 16.1 Å². The quantitative estimate of drug-likeness (QED) is 0.947. The van der Waals surface area contributed by atoms with Crippen LogP contribution >= 0.6 is 0 Å². The van der Waals surface area contributed by atoms with E-state index in [0.29, 0.717) is 26.2 Å². The molecule has 0 amide bonds. The van der Waals surface area contributed by atoms with Crippen LogP contribution in [0.3, 0.4) is 0 Å². The Morgan fingerprint density at radius 1 is 1.26 bits per heavy atom. The third-order valence-corrected chi connectivity index (χ3v) is 5.48. The first kappa shape index (κ1) is 14.7. The van der Waals surface area contributed by atoms with Gasteiger partial charge in [-0.3, -0.25) is 9.69 Å². The Balaban J connectivity index is 1.61. The summed E-state index contributed by atoms with van der Waals surface area (Å²) in [6.07, 6.45) is 0.624. The molecule has 0 saturated carbocycles. The molecule has 0 radical (unpaired) electrons. The summed E-state index contributed by atoms with van der Waals surface area (Å²) in [6, 6.07) is 14.7. The van der Waals surface area contributed by atoms with Crippen LogP contribution in [0.2, 0.25) is 0 Å². The fourth-order valence-corrected chi connectivity index (χ4v) is 4.20. The first-order valence-corrected chi connectivity index (χ1v) is 8.19. The van der Waals surface area contributed by atoms with Gasteiger partial charge in [-0.05, 0) is 22.8 Å². The molecule has 23 heavy (non-hydrogen) atoms. The van der Waals surface area contributed by atoms with Crippen LogP contribution in [0.4, 0.5) is 0 Å². The molecule has 0 aromatic heterocycles. The molecular weight excluding hydrogens is 290 g/mol. The highest BCUT2D eigenvalue weighted by atomic mass is 16.5. The molecule has 2 atom stereocenters. The van der Waals surface area contributed by atoms with Crippen LogP contribution in [0.15, 0.2) is 42.5 Å². The third kappa shape index (κ3) is 2.42. The zero-order valence-corrected chi connectivity index (χ0v) is 13.1. The summed E-state index contributed by atoms with van der Waals surface area (Å²) in [6.45, 7) is 3.35. The summed E-state index contributed by atoms with van der Waals surface area (Å²) < 4.78 is 5.54. The summed E-state index contributed by atoms with van der Waals surface area (Å²) in [7, 11) is 0. The van der Waals surface area contributed by atoms with Crippen LogP contribution < -0.4 is 0 Å². The number of benzene rings is 2. The molecule has 4 heteroatoms. The monoisotopic (exact) mass is 311 g/mol. The molecule has 4 rings (SSSR count). The van der Waals surface area contributed by atoms with Crippen molar-refractivity contribution in [2.75, 3.05) is 26.3 Å². The molecule has 2 aliphatic heterocycles. The predicted molar refractivity (Wildman–Crippen MR) is 88.2 cm³/mol. The zero-order valence-electron chi connectivity index (χ0n) is 13.1. The maximum absolute atomic E-state index is 11.9. The molecule has 0 unspecified atom stereocenters. The Hall–Kier alpha value is -1.91. The minimum atomic E-state index is -0.661. The summed E-state index contributed by atoms with van der Waals surface area (Å²) in [5.74, 6) is -0.560. The Morgan fingerprint density at radius 3 is 2.91 bits per heavy atom. The third-order valence-electron chi connectivity index (χ3n) is 5.48. The smallest absolute Gasteiger partial charge is 0.311 e. The number of nitrogens with zero attached hydrogens (tertiary/aromatic N) is 1. The molecule has 120 valence electrons. The van der Waals surface area contributed by atoms with Crippen LogP contribution in [0, 0.1) is 11.3 Å². The number of carbonyl (C=O) groups is 1. The van der Waals surface area contributed by atoms with Gasteiger partial charge in [-0.15, -0.1) is 0 Å². The number of hydrogen-bond acceptors (Lipinski definition) is 3. The fourth-order valence-electron chi connectivity index (χ4n) is 4.20. The summed E-state index contributed by atoms with van der Waals surface area (Å²) in [5, 5.41) is 12.3. The number of rotatable bonds is 3. The van der Waals surface area contributed by atoms with Gasteiger partial charge in [0, 0.05) is 32.2 Å². The van der Waals surface area contributed by atoms with E-state index in [0.717, 1.165) is 13.1 Å². The second kappa shape index (κ2) is 5.62. The van der Waals surface area contributed by atoms with E-state index in [1.54, 1.807) is 0 Å². The molecule has 0 spiro atoms. The van der Waals surface area contributed by atoms with Crippen molar-refractivity contribution >= 4 is 16.7 Å². The molecule has 2 aromatic carbocycles. The first-order chi connectivity index (χ1) is 11.2. The average Bonchev–Trinajstić information content (AvgIpc) is 2.94. The van der Waals surface area contributed by atoms with E-state index in [4.69, 9.17) is 4.74 Å². The van der Waals surface area contributed by atoms with E-state index in [2.05, 4.69) is 41.3 Å². The van der Waals surface area contributed by atoms with E-state index in [-0.39, 0.29) is 5.92 Å². The molecule has 0 aliphatic carbocycles. The first-order valence-electron chi connectivity index (χ1n) is 8.19. The van der Waals surface area contributed by atoms with Crippen molar-refractivity contribution in [1.29, 1.82) is 0 Å². The SMILES string of the molecule is O=C(O)[C@]12CCOC[C@H]1CN(Cc1cccc3ccccc13)C2. The number of hydrogen-bond donors (Lipinski definition) is 1. The van der Waals surface area contributed by atoms with E-state index in [1.165, 1.54) is 16.3 Å². The second-order valence-corrected chi connectivity index (χ2v) is 6.79. The van der Waals surface area contributed by atoms with Crippen molar-refractivity contribution in [3.63, 3.8) is 0 Å². The minimum Gasteiger partial charge on any atom is -0.481 e. The Labute approximate surface area is 135 Å². The van der Waals surface area contributed by atoms with Gasteiger partial charge >= 0.3 is 5.97 Å². The lowest BCUT2D eigenvalue weighted by Gasteiger charge is -2.34. The summed E-state index contributed by atoms with van der Waals surface area (Å²) >= 11 is 0. The van der Waals surface area contributed by atoms with Gasteiger partial charge in [0.2, 0.25) is 0 Å². The largest absolute Gasteiger partial charge is 0.481 e. The van der Waals surface area contributed by atoms with Crippen molar-refractivity contribution in [2.45, 2.75) is 13.0 Å². The Kier molecular flexibility index (Phi) is 3.58. The lowest BCUT2D eigenvalue weighted by atomic mass is 9.74. The molecule has 2 fully saturated rings. The van der Waals surface area contributed by atoms with Crippen molar-refractivity contribution in [3.8, 4) is 0 Å². The zero-order chi connectivity index (χ0) is 15.9. The molecular formula is C19H21NO3. The Bertz CT molecular complexity index is 739. The molecule has 2 saturated heterocycles. The van der Waals surface area contributed by atoms with Crippen LogP contribution in [-0.4, -0.2) is 42.3 Å². The molecule has 2 aromatic rings. The molecule has 0 bridgehead atoms. The van der Waals surface area contributed by atoms with Crippen molar-refractivity contribution < 1.29 is 14.6 Å². The van der Waals surface area contributed by atoms with Gasteiger partial charge < -0.3 is 9.84 Å². The van der Waals surface area contributed by atoms with Crippen LogP contribution in [0.5, 0.6) is 0 Å². The van der Waals surface area contributed by atoms with Crippen molar-refractivity contribution in [1.82, 2.24) is 4.90 Å². The van der Waals surface area contributed by atoms with Gasteiger partial charge in [0.1, 0.15) is 0 Å². The molecule has 1 N–H and O–H groups in total. The minimum absolute atomic E-state index is 0.101.